The second-order valence-corrected chi connectivity index (χ2v) is 9.60. The number of aryl methyl sites for hydroxylation is 2. The van der Waals surface area contributed by atoms with E-state index in [2.05, 4.69) is 119 Å². The summed E-state index contributed by atoms with van der Waals surface area (Å²) in [5.41, 5.74) is 7.44. The molecular weight excluding hydrogens is 456 g/mol. The van der Waals surface area contributed by atoms with Gasteiger partial charge < -0.3 is 9.97 Å². The number of rotatable bonds is 2. The molecular formula is C29H23BrN2. The Labute approximate surface area is 194 Å². The van der Waals surface area contributed by atoms with Gasteiger partial charge in [0, 0.05) is 42.4 Å². The van der Waals surface area contributed by atoms with Gasteiger partial charge in [0.05, 0.1) is 5.69 Å². The molecule has 2 aromatic heterocycles. The second kappa shape index (κ2) is 7.39. The molecule has 6 rings (SSSR count). The lowest BCUT2D eigenvalue weighted by molar-refractivity contribution is 1.17. The molecule has 0 spiro atoms. The van der Waals surface area contributed by atoms with Crippen LogP contribution in [-0.4, -0.2) is 9.97 Å². The van der Waals surface area contributed by atoms with Crippen LogP contribution < -0.4 is 10.6 Å². The monoisotopic (exact) mass is 478 g/mol. The normalized spacial score (nSPS) is 13.2. The van der Waals surface area contributed by atoms with Crippen molar-refractivity contribution in [2.24, 2.45) is 0 Å². The summed E-state index contributed by atoms with van der Waals surface area (Å²) in [4.78, 5) is 7.41. The largest absolute Gasteiger partial charge is 0.355 e. The first kappa shape index (κ1) is 19.4. The third kappa shape index (κ3) is 3.16. The molecule has 0 bridgehead atoms. The van der Waals surface area contributed by atoms with E-state index in [0.29, 0.717) is 0 Å². The maximum Gasteiger partial charge on any atom is 0.0541 e. The number of aromatic nitrogens is 2. The smallest absolute Gasteiger partial charge is 0.0541 e. The maximum absolute atomic E-state index is 3.74. The van der Waals surface area contributed by atoms with Crippen LogP contribution in [-0.2, 0) is 6.42 Å². The van der Waals surface area contributed by atoms with Crippen molar-refractivity contribution in [3.63, 3.8) is 0 Å². The van der Waals surface area contributed by atoms with E-state index >= 15 is 0 Å². The van der Waals surface area contributed by atoms with E-state index in [1.807, 2.05) is 0 Å². The Kier molecular flexibility index (Phi) is 4.48. The third-order valence-electron chi connectivity index (χ3n) is 6.44. The molecule has 2 N–H and O–H groups in total. The van der Waals surface area contributed by atoms with Gasteiger partial charge in [-0.15, -0.1) is 0 Å². The number of halogens is 1. The van der Waals surface area contributed by atoms with Crippen molar-refractivity contribution < 1.29 is 0 Å². The topological polar surface area (TPSA) is 31.6 Å². The molecule has 0 saturated carbocycles. The van der Waals surface area contributed by atoms with E-state index in [1.165, 1.54) is 54.5 Å². The van der Waals surface area contributed by atoms with E-state index in [4.69, 9.17) is 0 Å². The predicted octanol–water partition coefficient (Wildman–Crippen LogP) is 5.99. The van der Waals surface area contributed by atoms with Crippen molar-refractivity contribution in [3.8, 4) is 11.3 Å². The van der Waals surface area contributed by atoms with Crippen LogP contribution in [0.15, 0.2) is 71.2 Å². The third-order valence-corrected chi connectivity index (χ3v) is 6.94. The van der Waals surface area contributed by atoms with E-state index in [-0.39, 0.29) is 0 Å². The highest BCUT2D eigenvalue weighted by atomic mass is 79.9. The zero-order valence-electron chi connectivity index (χ0n) is 18.1. The van der Waals surface area contributed by atoms with Crippen molar-refractivity contribution in [1.29, 1.82) is 0 Å². The molecule has 0 radical (unpaired) electrons. The molecule has 2 nitrogen and oxygen atoms in total. The fourth-order valence-corrected chi connectivity index (χ4v) is 5.29. The first-order valence-electron chi connectivity index (χ1n) is 10.9. The summed E-state index contributed by atoms with van der Waals surface area (Å²) in [6.07, 6.45) is 5.52. The van der Waals surface area contributed by atoms with Crippen molar-refractivity contribution in [2.75, 3.05) is 0 Å². The Morgan fingerprint density at radius 3 is 2.62 bits per heavy atom. The molecule has 1 aliphatic rings. The Morgan fingerprint density at radius 2 is 1.75 bits per heavy atom. The first-order chi connectivity index (χ1) is 15.6. The zero-order valence-corrected chi connectivity index (χ0v) is 19.7. The molecule has 32 heavy (non-hydrogen) atoms. The number of nitrogens with one attached hydrogen (secondary N) is 2. The SMILES string of the molecule is Cc1ccc(-c2[nH]c(C=c3cc4c([nH]3)=c3ccccc3=CC4)c3ccc(Br)cc23)c(C)c1. The zero-order chi connectivity index (χ0) is 21.8. The summed E-state index contributed by atoms with van der Waals surface area (Å²) >= 11 is 3.67. The summed E-state index contributed by atoms with van der Waals surface area (Å²) in [5, 5.41) is 7.40. The number of hydrogen-bond acceptors (Lipinski definition) is 0. The summed E-state index contributed by atoms with van der Waals surface area (Å²) in [6.45, 7) is 4.32. The number of benzene rings is 3. The minimum absolute atomic E-state index is 0.961. The number of H-pyrrole nitrogens is 2. The summed E-state index contributed by atoms with van der Waals surface area (Å²) in [7, 11) is 0. The summed E-state index contributed by atoms with van der Waals surface area (Å²) in [6, 6.07) is 24.1. The standard InChI is InChI=1S/C29H23BrN2/c1-17-7-11-23(18(2)13-17)29-26-15-21(30)10-12-25(26)27(32-29)16-22-14-20-9-8-19-5-3-4-6-24(19)28(20)31-22/h3-8,10-16,31-32H,9H2,1-2H3. The van der Waals surface area contributed by atoms with Gasteiger partial charge >= 0.3 is 0 Å². The lowest BCUT2D eigenvalue weighted by atomic mass is 10.0. The highest BCUT2D eigenvalue weighted by Crippen LogP contribution is 2.35. The second-order valence-electron chi connectivity index (χ2n) is 8.69. The van der Waals surface area contributed by atoms with E-state index in [0.717, 1.165) is 21.9 Å². The van der Waals surface area contributed by atoms with Gasteiger partial charge in [-0.25, -0.2) is 0 Å². The van der Waals surface area contributed by atoms with E-state index in [9.17, 15) is 0 Å². The fourth-order valence-electron chi connectivity index (χ4n) is 4.93. The Hall–Kier alpha value is -3.30. The molecule has 0 aliphatic heterocycles. The Balaban J connectivity index is 1.61. The Morgan fingerprint density at radius 1 is 0.875 bits per heavy atom. The molecule has 0 atom stereocenters. The first-order valence-corrected chi connectivity index (χ1v) is 11.7. The minimum atomic E-state index is 0.961. The van der Waals surface area contributed by atoms with Crippen molar-refractivity contribution in [2.45, 2.75) is 20.3 Å². The summed E-state index contributed by atoms with van der Waals surface area (Å²) in [5.74, 6) is 0. The fraction of sp³-hybridized carbons (Fsp3) is 0.103. The molecule has 0 fully saturated rings. The minimum Gasteiger partial charge on any atom is -0.355 e. The van der Waals surface area contributed by atoms with Gasteiger partial charge in [0.2, 0.25) is 0 Å². The maximum atomic E-state index is 3.74. The molecule has 2 heterocycles. The van der Waals surface area contributed by atoms with Gasteiger partial charge in [-0.1, -0.05) is 76.1 Å². The predicted molar refractivity (Wildman–Crippen MR) is 137 cm³/mol. The van der Waals surface area contributed by atoms with E-state index in [1.54, 1.807) is 0 Å². The molecule has 156 valence electrons. The molecule has 1 aliphatic carbocycles. The Bertz CT molecular complexity index is 1730. The van der Waals surface area contributed by atoms with Crippen molar-refractivity contribution >= 4 is 38.9 Å². The van der Waals surface area contributed by atoms with Gasteiger partial charge in [-0.3, -0.25) is 0 Å². The van der Waals surface area contributed by atoms with Crippen molar-refractivity contribution in [3.05, 3.63) is 115 Å². The number of hydrogen-bond donors (Lipinski definition) is 2. The van der Waals surface area contributed by atoms with Gasteiger partial charge in [0.25, 0.3) is 0 Å². The van der Waals surface area contributed by atoms with Crippen LogP contribution in [0.1, 0.15) is 22.4 Å². The van der Waals surface area contributed by atoms with Crippen LogP contribution in [0.2, 0.25) is 0 Å². The molecule has 0 unspecified atom stereocenters. The van der Waals surface area contributed by atoms with Crippen LogP contribution in [0.5, 0.6) is 0 Å². The lowest BCUT2D eigenvalue weighted by Crippen LogP contribution is -2.08. The number of fused-ring (bicyclic) bond motifs is 3. The summed E-state index contributed by atoms with van der Waals surface area (Å²) < 4.78 is 1.09. The van der Waals surface area contributed by atoms with Crippen LogP contribution in [0.4, 0.5) is 0 Å². The molecule has 3 heteroatoms. The van der Waals surface area contributed by atoms with Gasteiger partial charge in [-0.2, -0.15) is 0 Å². The van der Waals surface area contributed by atoms with Crippen molar-refractivity contribution in [1.82, 2.24) is 9.97 Å². The molecule has 0 amide bonds. The van der Waals surface area contributed by atoms with Gasteiger partial charge in [0.1, 0.15) is 0 Å². The van der Waals surface area contributed by atoms with Crippen LogP contribution in [0.25, 0.3) is 34.2 Å². The van der Waals surface area contributed by atoms with Crippen LogP contribution in [0, 0.1) is 24.4 Å². The number of aromatic amines is 2. The highest BCUT2D eigenvalue weighted by Gasteiger charge is 2.13. The highest BCUT2D eigenvalue weighted by molar-refractivity contribution is 9.10. The average molecular weight is 479 g/mol. The molecule has 0 saturated heterocycles. The average Bonchev–Trinajstić information content (AvgIpc) is 3.35. The van der Waals surface area contributed by atoms with Crippen LogP contribution in [0.3, 0.4) is 0 Å². The molecule has 3 aromatic carbocycles. The van der Waals surface area contributed by atoms with Gasteiger partial charge in [0.15, 0.2) is 0 Å². The lowest BCUT2D eigenvalue weighted by Gasteiger charge is -2.06. The van der Waals surface area contributed by atoms with Gasteiger partial charge in [-0.05, 0) is 60.9 Å². The quantitative estimate of drug-likeness (QED) is 0.312. The molecule has 5 aromatic rings. The van der Waals surface area contributed by atoms with E-state index < -0.39 is 0 Å². The van der Waals surface area contributed by atoms with Crippen LogP contribution >= 0.6 is 15.9 Å².